The zero-order valence-corrected chi connectivity index (χ0v) is 18.1. The standard InChI is InChI=1S/C23H17F2N5O2S/c24-15-4-5-17(19(25)10-15)18-9-14-12-29(23(32)20-11-27-33-28-20)8-6-21(14)30(22(18)31)13-16-3-1-2-7-26-16/h1-5,7,9-11H,6,8,12-13H2. The van der Waals surface area contributed by atoms with Crippen LogP contribution in [-0.4, -0.2) is 35.7 Å². The highest BCUT2D eigenvalue weighted by molar-refractivity contribution is 6.99. The second kappa shape index (κ2) is 8.62. The molecule has 0 bridgehead atoms. The van der Waals surface area contributed by atoms with Crippen molar-refractivity contribution in [1.29, 1.82) is 0 Å². The number of pyridine rings is 2. The molecule has 1 aliphatic rings. The minimum Gasteiger partial charge on any atom is -0.332 e. The Balaban J connectivity index is 1.62. The summed E-state index contributed by atoms with van der Waals surface area (Å²) in [6, 6.07) is 10.1. The highest BCUT2D eigenvalue weighted by Crippen LogP contribution is 2.27. The molecule has 0 saturated heterocycles. The fraction of sp³-hybridized carbons (Fsp3) is 0.174. The fourth-order valence-corrected chi connectivity index (χ4v) is 4.44. The third kappa shape index (κ3) is 4.05. The average molecular weight is 465 g/mol. The summed E-state index contributed by atoms with van der Waals surface area (Å²) in [6.45, 7) is 0.821. The van der Waals surface area contributed by atoms with Gasteiger partial charge in [-0.25, -0.2) is 8.78 Å². The number of halogens is 2. The van der Waals surface area contributed by atoms with Crippen LogP contribution in [0.5, 0.6) is 0 Å². The molecule has 1 amide bonds. The Hall–Kier alpha value is -3.79. The van der Waals surface area contributed by atoms with Crippen molar-refractivity contribution in [2.75, 3.05) is 6.54 Å². The van der Waals surface area contributed by atoms with Gasteiger partial charge in [-0.05, 0) is 35.9 Å². The Kier molecular flexibility index (Phi) is 5.51. The number of amides is 1. The lowest BCUT2D eigenvalue weighted by Crippen LogP contribution is -2.39. The largest absolute Gasteiger partial charge is 0.332 e. The summed E-state index contributed by atoms with van der Waals surface area (Å²) in [7, 11) is 0. The van der Waals surface area contributed by atoms with E-state index in [1.165, 1.54) is 12.3 Å². The lowest BCUT2D eigenvalue weighted by Gasteiger charge is -2.30. The van der Waals surface area contributed by atoms with Crippen molar-refractivity contribution in [3.63, 3.8) is 0 Å². The molecule has 0 unspecified atom stereocenters. The summed E-state index contributed by atoms with van der Waals surface area (Å²) in [4.78, 5) is 32.2. The van der Waals surface area contributed by atoms with Gasteiger partial charge in [0.15, 0.2) is 5.69 Å². The molecule has 0 atom stereocenters. The average Bonchev–Trinajstić information content (AvgIpc) is 3.36. The van der Waals surface area contributed by atoms with Gasteiger partial charge in [0.25, 0.3) is 11.5 Å². The summed E-state index contributed by atoms with van der Waals surface area (Å²) < 4.78 is 37.6. The Morgan fingerprint density at radius 1 is 1.12 bits per heavy atom. The minimum absolute atomic E-state index is 0.00567. The first-order valence-corrected chi connectivity index (χ1v) is 10.9. The van der Waals surface area contributed by atoms with E-state index in [0.717, 1.165) is 29.6 Å². The number of carbonyl (C=O) groups is 1. The van der Waals surface area contributed by atoms with Crippen LogP contribution in [0.2, 0.25) is 0 Å². The van der Waals surface area contributed by atoms with Crippen LogP contribution in [0.25, 0.3) is 11.1 Å². The van der Waals surface area contributed by atoms with E-state index in [4.69, 9.17) is 0 Å². The molecule has 0 aliphatic carbocycles. The van der Waals surface area contributed by atoms with Gasteiger partial charge in [-0.15, -0.1) is 0 Å². The second-order valence-corrected chi connectivity index (χ2v) is 8.19. The molecule has 0 radical (unpaired) electrons. The van der Waals surface area contributed by atoms with Crippen molar-refractivity contribution in [3.8, 4) is 11.1 Å². The number of benzene rings is 1. The van der Waals surface area contributed by atoms with Crippen molar-refractivity contribution in [1.82, 2.24) is 23.2 Å². The molecule has 1 aliphatic heterocycles. The Bertz CT molecular complexity index is 1390. The number of hydrogen-bond donors (Lipinski definition) is 0. The van der Waals surface area contributed by atoms with Gasteiger partial charge < -0.3 is 9.47 Å². The highest BCUT2D eigenvalue weighted by Gasteiger charge is 2.27. The van der Waals surface area contributed by atoms with E-state index >= 15 is 0 Å². The summed E-state index contributed by atoms with van der Waals surface area (Å²) >= 11 is 0.953. The van der Waals surface area contributed by atoms with E-state index in [1.54, 1.807) is 33.9 Å². The Labute approximate surface area is 191 Å². The molecule has 7 nitrogen and oxygen atoms in total. The minimum atomic E-state index is -0.825. The number of rotatable bonds is 4. The molecular weight excluding hydrogens is 448 g/mol. The molecule has 0 fully saturated rings. The normalized spacial score (nSPS) is 13.1. The van der Waals surface area contributed by atoms with Crippen LogP contribution in [0.15, 0.2) is 59.7 Å². The molecule has 4 heterocycles. The van der Waals surface area contributed by atoms with Crippen molar-refractivity contribution >= 4 is 17.6 Å². The molecule has 4 aromatic rings. The van der Waals surface area contributed by atoms with Gasteiger partial charge in [0.1, 0.15) is 11.6 Å². The number of carbonyl (C=O) groups excluding carboxylic acids is 1. The molecule has 166 valence electrons. The van der Waals surface area contributed by atoms with E-state index < -0.39 is 17.2 Å². The molecule has 33 heavy (non-hydrogen) atoms. The molecule has 5 rings (SSSR count). The van der Waals surface area contributed by atoms with E-state index in [1.807, 2.05) is 6.07 Å². The van der Waals surface area contributed by atoms with Crippen molar-refractivity contribution in [2.45, 2.75) is 19.5 Å². The van der Waals surface area contributed by atoms with Gasteiger partial charge in [0.05, 0.1) is 35.7 Å². The quantitative estimate of drug-likeness (QED) is 0.462. The molecule has 0 spiro atoms. The van der Waals surface area contributed by atoms with Gasteiger partial charge in [-0.3, -0.25) is 14.6 Å². The molecule has 1 aromatic carbocycles. The third-order valence-corrected chi connectivity index (χ3v) is 6.08. The Morgan fingerprint density at radius 2 is 2.00 bits per heavy atom. The number of nitrogens with zero attached hydrogens (tertiary/aromatic N) is 5. The van der Waals surface area contributed by atoms with E-state index in [2.05, 4.69) is 13.7 Å². The summed E-state index contributed by atoms with van der Waals surface area (Å²) in [5, 5.41) is 0. The third-order valence-electron chi connectivity index (χ3n) is 5.61. The first-order valence-electron chi connectivity index (χ1n) is 10.2. The maximum atomic E-state index is 14.6. The molecule has 3 aromatic heterocycles. The van der Waals surface area contributed by atoms with Crippen molar-refractivity contribution in [3.05, 3.63) is 99.5 Å². The lowest BCUT2D eigenvalue weighted by molar-refractivity contribution is 0.0727. The maximum Gasteiger partial charge on any atom is 0.275 e. The van der Waals surface area contributed by atoms with Crippen LogP contribution in [0, 0.1) is 11.6 Å². The van der Waals surface area contributed by atoms with E-state index in [0.29, 0.717) is 24.2 Å². The van der Waals surface area contributed by atoms with Gasteiger partial charge in [0.2, 0.25) is 0 Å². The maximum absolute atomic E-state index is 14.6. The molecular formula is C23H17F2N5O2S. The van der Waals surface area contributed by atoms with Gasteiger partial charge in [-0.2, -0.15) is 8.75 Å². The number of fused-ring (bicyclic) bond motifs is 1. The van der Waals surface area contributed by atoms with E-state index in [9.17, 15) is 18.4 Å². The first-order chi connectivity index (χ1) is 16.0. The summed E-state index contributed by atoms with van der Waals surface area (Å²) in [5.74, 6) is -1.81. The van der Waals surface area contributed by atoms with E-state index in [-0.39, 0.29) is 35.8 Å². The van der Waals surface area contributed by atoms with Crippen molar-refractivity contribution < 1.29 is 13.6 Å². The SMILES string of the molecule is O=C(c1cnsn1)N1CCc2c(cc(-c3ccc(F)cc3F)c(=O)n2Cc2ccccn2)C1. The lowest BCUT2D eigenvalue weighted by atomic mass is 9.98. The van der Waals surface area contributed by atoms with Gasteiger partial charge >= 0.3 is 0 Å². The Morgan fingerprint density at radius 3 is 2.73 bits per heavy atom. The number of aromatic nitrogens is 4. The zero-order chi connectivity index (χ0) is 22.9. The zero-order valence-electron chi connectivity index (χ0n) is 17.2. The predicted octanol–water partition coefficient (Wildman–Crippen LogP) is 3.29. The molecule has 0 saturated carbocycles. The number of hydrogen-bond acceptors (Lipinski definition) is 6. The second-order valence-electron chi connectivity index (χ2n) is 7.64. The van der Waals surface area contributed by atoms with Crippen LogP contribution in [0.1, 0.15) is 27.4 Å². The van der Waals surface area contributed by atoms with Crippen molar-refractivity contribution in [2.24, 2.45) is 0 Å². The van der Waals surface area contributed by atoms with Gasteiger partial charge in [0, 0.05) is 43.0 Å². The monoisotopic (exact) mass is 465 g/mol. The van der Waals surface area contributed by atoms with Crippen LogP contribution in [0.3, 0.4) is 0 Å². The molecule has 10 heteroatoms. The van der Waals surface area contributed by atoms with Crippen LogP contribution in [-0.2, 0) is 19.5 Å². The van der Waals surface area contributed by atoms with Crippen LogP contribution in [0.4, 0.5) is 8.78 Å². The fourth-order valence-electron chi connectivity index (χ4n) is 4.03. The molecule has 0 N–H and O–H groups in total. The summed E-state index contributed by atoms with van der Waals surface area (Å²) in [6.07, 6.45) is 3.50. The smallest absolute Gasteiger partial charge is 0.275 e. The van der Waals surface area contributed by atoms with Crippen LogP contribution < -0.4 is 5.56 Å². The predicted molar refractivity (Wildman–Crippen MR) is 118 cm³/mol. The topological polar surface area (TPSA) is 81.0 Å². The van der Waals surface area contributed by atoms with Gasteiger partial charge in [-0.1, -0.05) is 6.07 Å². The highest BCUT2D eigenvalue weighted by atomic mass is 32.1. The van der Waals surface area contributed by atoms with Crippen LogP contribution >= 0.6 is 11.7 Å². The first kappa shape index (κ1) is 21.1. The summed E-state index contributed by atoms with van der Waals surface area (Å²) in [5.41, 5.74) is 2.12.